The Labute approximate surface area is 470 Å². The molecule has 79 heavy (non-hydrogen) atoms. The molecule has 6 nitrogen and oxygen atoms in total. The second-order valence-electron chi connectivity index (χ2n) is 28.1. The van der Waals surface area contributed by atoms with Crippen LogP contribution >= 0.6 is 0 Å². The first-order chi connectivity index (χ1) is 36.9. The Morgan fingerprint density at radius 2 is 0.620 bits per heavy atom. The van der Waals surface area contributed by atoms with Crippen LogP contribution in [-0.2, 0) is 32.5 Å². The normalized spacial score (nSPS) is 12.9. The SMILES string of the molecule is CC(C)(C)c1cc(-c2nc(-c3cc(C(C)(C)C)cc(C(C)(C)C)c3)nc(-c3cc(-c4nc(-c5ccccc5)cc(-c5ccccc5)n4)ccc3-n3c4ccc(C(C)(C)C)cc4c4cc(C(C)(C)C)ccc43)n2)cc(C(C)(C)C)c1. The van der Waals surface area contributed by atoms with Crippen LogP contribution in [0.25, 0.3) is 95.6 Å². The van der Waals surface area contributed by atoms with Crippen LogP contribution < -0.4 is 0 Å². The van der Waals surface area contributed by atoms with Gasteiger partial charge < -0.3 is 4.57 Å². The van der Waals surface area contributed by atoms with Crippen molar-refractivity contribution in [2.24, 2.45) is 0 Å². The van der Waals surface area contributed by atoms with Gasteiger partial charge in [-0.3, -0.25) is 0 Å². The van der Waals surface area contributed by atoms with E-state index >= 15 is 0 Å². The summed E-state index contributed by atoms with van der Waals surface area (Å²) in [5.74, 6) is 2.40. The molecule has 0 saturated carbocycles. The van der Waals surface area contributed by atoms with Crippen molar-refractivity contribution >= 4 is 21.8 Å². The minimum atomic E-state index is -0.137. The van der Waals surface area contributed by atoms with Gasteiger partial charge in [-0.15, -0.1) is 0 Å². The lowest BCUT2D eigenvalue weighted by atomic mass is 9.79. The largest absolute Gasteiger partial charge is 0.309 e. The quantitative estimate of drug-likeness (QED) is 0.159. The number of hydrogen-bond donors (Lipinski definition) is 0. The first kappa shape index (κ1) is 54.8. The molecular weight excluding hydrogens is 961 g/mol. The Morgan fingerprint density at radius 1 is 0.266 bits per heavy atom. The molecule has 3 heterocycles. The lowest BCUT2D eigenvalue weighted by molar-refractivity contribution is 0.568. The van der Waals surface area contributed by atoms with Crippen molar-refractivity contribution in [1.82, 2.24) is 29.5 Å². The highest BCUT2D eigenvalue weighted by Crippen LogP contribution is 2.43. The molecule has 0 radical (unpaired) electrons. The van der Waals surface area contributed by atoms with Crippen LogP contribution in [0.15, 0.2) is 158 Å². The highest BCUT2D eigenvalue weighted by atomic mass is 15.1. The van der Waals surface area contributed by atoms with Gasteiger partial charge in [0.25, 0.3) is 0 Å². The average molecular weight is 1040 g/mol. The molecule has 0 aliphatic heterocycles. The average Bonchev–Trinajstić information content (AvgIpc) is 4.02. The summed E-state index contributed by atoms with van der Waals surface area (Å²) in [4.78, 5) is 27.7. The van der Waals surface area contributed by atoms with Crippen LogP contribution in [0.2, 0.25) is 0 Å². The van der Waals surface area contributed by atoms with E-state index < -0.39 is 0 Å². The molecule has 3 aromatic heterocycles. The monoisotopic (exact) mass is 1040 g/mol. The first-order valence-corrected chi connectivity index (χ1v) is 28.2. The fourth-order valence-electron chi connectivity index (χ4n) is 10.4. The van der Waals surface area contributed by atoms with E-state index in [9.17, 15) is 0 Å². The van der Waals surface area contributed by atoms with E-state index in [4.69, 9.17) is 24.9 Å². The Morgan fingerprint density at radius 3 is 0.987 bits per heavy atom. The Kier molecular flexibility index (Phi) is 13.6. The lowest BCUT2D eigenvalue weighted by Gasteiger charge is -2.26. The second-order valence-corrected chi connectivity index (χ2v) is 28.1. The highest BCUT2D eigenvalue weighted by Gasteiger charge is 2.28. The fraction of sp³-hybridized carbons (Fsp3) is 0.329. The number of aromatic nitrogens is 6. The van der Waals surface area contributed by atoms with E-state index in [1.165, 1.54) is 44.2 Å². The van der Waals surface area contributed by atoms with Gasteiger partial charge in [0, 0.05) is 44.2 Å². The third kappa shape index (κ3) is 11.2. The number of rotatable bonds is 7. The number of fused-ring (bicyclic) bond motifs is 3. The minimum Gasteiger partial charge on any atom is -0.309 e. The van der Waals surface area contributed by atoms with Gasteiger partial charge in [0.2, 0.25) is 0 Å². The molecular formula is C73H80N6. The van der Waals surface area contributed by atoms with Gasteiger partial charge in [-0.2, -0.15) is 0 Å². The smallest absolute Gasteiger partial charge is 0.166 e. The van der Waals surface area contributed by atoms with E-state index in [1.54, 1.807) is 0 Å². The van der Waals surface area contributed by atoms with Gasteiger partial charge in [-0.05, 0) is 139 Å². The Hall–Kier alpha value is -7.57. The van der Waals surface area contributed by atoms with Gasteiger partial charge in [-0.25, -0.2) is 24.9 Å². The summed E-state index contributed by atoms with van der Waals surface area (Å²) >= 11 is 0. The van der Waals surface area contributed by atoms with Crippen molar-refractivity contribution in [2.45, 2.75) is 157 Å². The molecule has 0 N–H and O–H groups in total. The van der Waals surface area contributed by atoms with E-state index in [1.807, 2.05) is 12.1 Å². The maximum atomic E-state index is 5.70. The predicted molar refractivity (Wildman–Crippen MR) is 335 cm³/mol. The van der Waals surface area contributed by atoms with Gasteiger partial charge in [0.1, 0.15) is 0 Å². The number of benzene rings is 7. The standard InChI is InChI=1S/C73H80N6/c1-68(2,3)50-30-33-61-56(42-50)57-43-51(69(4,5)6)31-34-62(57)79(61)63-32-29-47(64-74-59(45-25-21-19-22-26-45)44-60(75-64)46-27-23-20-24-28-46)39-58(63)67-77-65(48-35-52(70(7,8)9)40-53(36-48)71(10,11)12)76-66(78-67)49-37-54(72(13,14)15)41-55(38-49)73(16,17)18/h19-44H,1-18H3. The zero-order valence-electron chi connectivity index (χ0n) is 50.2. The van der Waals surface area contributed by atoms with Crippen LogP contribution in [0.3, 0.4) is 0 Å². The Bertz CT molecular complexity index is 3640. The summed E-state index contributed by atoms with van der Waals surface area (Å²) in [5, 5.41) is 2.41. The molecule has 0 saturated heterocycles. The van der Waals surface area contributed by atoms with E-state index in [0.717, 1.165) is 61.5 Å². The van der Waals surface area contributed by atoms with Gasteiger partial charge >= 0.3 is 0 Å². The molecule has 10 rings (SSSR count). The molecule has 0 fully saturated rings. The molecule has 0 bridgehead atoms. The van der Waals surface area contributed by atoms with Crippen LogP contribution in [-0.4, -0.2) is 29.5 Å². The summed E-state index contributed by atoms with van der Waals surface area (Å²) in [5.41, 5.74) is 17.3. The molecule has 402 valence electrons. The van der Waals surface area contributed by atoms with Gasteiger partial charge in [-0.1, -0.05) is 210 Å². The third-order valence-electron chi connectivity index (χ3n) is 15.6. The highest BCUT2D eigenvalue weighted by molar-refractivity contribution is 6.10. The van der Waals surface area contributed by atoms with Crippen LogP contribution in [0, 0.1) is 0 Å². The van der Waals surface area contributed by atoms with E-state index in [-0.39, 0.29) is 32.5 Å². The third-order valence-corrected chi connectivity index (χ3v) is 15.6. The fourth-order valence-corrected chi connectivity index (χ4v) is 10.4. The summed E-state index contributed by atoms with van der Waals surface area (Å²) in [7, 11) is 0. The predicted octanol–water partition coefficient (Wildman–Crippen LogP) is 19.5. The summed E-state index contributed by atoms with van der Waals surface area (Å²) < 4.78 is 2.43. The van der Waals surface area contributed by atoms with E-state index in [2.05, 4.69) is 275 Å². The van der Waals surface area contributed by atoms with Crippen molar-refractivity contribution in [3.8, 4) is 73.8 Å². The van der Waals surface area contributed by atoms with Crippen LogP contribution in [0.1, 0.15) is 158 Å². The Balaban J connectivity index is 1.35. The van der Waals surface area contributed by atoms with Gasteiger partial charge in [0.15, 0.2) is 23.3 Å². The number of nitrogens with zero attached hydrogens (tertiary/aromatic N) is 6. The van der Waals surface area contributed by atoms with Crippen molar-refractivity contribution < 1.29 is 0 Å². The van der Waals surface area contributed by atoms with Crippen molar-refractivity contribution in [3.63, 3.8) is 0 Å². The van der Waals surface area contributed by atoms with E-state index in [0.29, 0.717) is 23.3 Å². The molecule has 0 unspecified atom stereocenters. The number of hydrogen-bond acceptors (Lipinski definition) is 5. The molecule has 0 spiro atoms. The first-order valence-electron chi connectivity index (χ1n) is 28.2. The molecule has 0 atom stereocenters. The molecule has 0 aliphatic carbocycles. The van der Waals surface area contributed by atoms with Crippen molar-refractivity contribution in [2.75, 3.05) is 0 Å². The molecule has 0 aliphatic rings. The zero-order valence-corrected chi connectivity index (χ0v) is 50.2. The van der Waals surface area contributed by atoms with Crippen molar-refractivity contribution in [3.05, 3.63) is 191 Å². The summed E-state index contributed by atoms with van der Waals surface area (Å²) in [6, 6.07) is 57.4. The van der Waals surface area contributed by atoms with Crippen molar-refractivity contribution in [1.29, 1.82) is 0 Å². The molecule has 10 aromatic rings. The molecule has 7 aromatic carbocycles. The minimum absolute atomic E-state index is 0.0596. The second kappa shape index (κ2) is 19.7. The summed E-state index contributed by atoms with van der Waals surface area (Å²) in [6.07, 6.45) is 0. The van der Waals surface area contributed by atoms with Crippen LogP contribution in [0.4, 0.5) is 0 Å². The van der Waals surface area contributed by atoms with Gasteiger partial charge in [0.05, 0.1) is 28.1 Å². The van der Waals surface area contributed by atoms with Crippen LogP contribution in [0.5, 0.6) is 0 Å². The maximum absolute atomic E-state index is 5.70. The molecule has 0 amide bonds. The maximum Gasteiger partial charge on any atom is 0.166 e. The lowest BCUT2D eigenvalue weighted by Crippen LogP contribution is -2.17. The molecule has 6 heteroatoms. The zero-order chi connectivity index (χ0) is 56.8. The topological polar surface area (TPSA) is 69.4 Å². The summed E-state index contributed by atoms with van der Waals surface area (Å²) in [6.45, 7) is 41.2.